The highest BCUT2D eigenvalue weighted by Crippen LogP contribution is 2.18. The van der Waals surface area contributed by atoms with E-state index in [1.807, 2.05) is 4.40 Å². The van der Waals surface area contributed by atoms with Crippen LogP contribution in [0.15, 0.2) is 35.2 Å². The quantitative estimate of drug-likeness (QED) is 0.619. The molecule has 0 amide bonds. The molecule has 0 heterocycles. The van der Waals surface area contributed by atoms with Crippen molar-refractivity contribution < 1.29 is 30.9 Å². The van der Waals surface area contributed by atoms with Crippen molar-refractivity contribution in [3.05, 3.63) is 36.4 Å². The predicted octanol–water partition coefficient (Wildman–Crippen LogP) is 1.27. The molecule has 0 bridgehead atoms. The van der Waals surface area contributed by atoms with Crippen LogP contribution in [0, 0.1) is 0 Å². The average Bonchev–Trinajstić information content (AvgIpc) is 2.27. The fourth-order valence-corrected chi connectivity index (χ4v) is 1.65. The molecule has 0 aromatic heterocycles. The topological polar surface area (TPSA) is 78.8 Å². The van der Waals surface area contributed by atoms with E-state index in [9.17, 15) is 26.7 Å². The van der Waals surface area contributed by atoms with Crippen LogP contribution in [0.4, 0.5) is 13.2 Å². The summed E-state index contributed by atoms with van der Waals surface area (Å²) in [4.78, 5) is 0. The van der Waals surface area contributed by atoms with Crippen LogP contribution in [0.2, 0.25) is 0 Å². The second-order valence-corrected chi connectivity index (χ2v) is 4.38. The van der Waals surface area contributed by atoms with Gasteiger partial charge in [0.2, 0.25) is 0 Å². The molecule has 1 aromatic rings. The Bertz CT molecular complexity index is 590. The van der Waals surface area contributed by atoms with Crippen molar-refractivity contribution >= 4 is 22.3 Å². The molecule has 0 atom stereocenters. The van der Waals surface area contributed by atoms with Crippen molar-refractivity contribution in [2.45, 2.75) is 6.18 Å². The van der Waals surface area contributed by atoms with Crippen LogP contribution >= 0.6 is 0 Å². The third-order valence-corrected chi connectivity index (χ3v) is 2.55. The number of halogens is 3. The summed E-state index contributed by atoms with van der Waals surface area (Å²) in [5.41, 5.74) is 0.646. The Morgan fingerprint density at radius 2 is 1.84 bits per heavy atom. The Labute approximate surface area is 106 Å². The van der Waals surface area contributed by atoms with Gasteiger partial charge in [0.25, 0.3) is 0 Å². The molecule has 0 aliphatic rings. The number of alkyl halides is 3. The Kier molecular flexibility index (Phi) is 4.20. The molecule has 0 aliphatic heterocycles. The normalized spacial score (nSPS) is 13.1. The van der Waals surface area contributed by atoms with Gasteiger partial charge in [-0.3, -0.25) is 0 Å². The molecule has 5 nitrogen and oxygen atoms in total. The summed E-state index contributed by atoms with van der Waals surface area (Å²) in [5.74, 6) is -3.03. The van der Waals surface area contributed by atoms with E-state index in [4.69, 9.17) is 0 Å². The van der Waals surface area contributed by atoms with E-state index in [1.165, 1.54) is 30.3 Å². The molecule has 0 fully saturated rings. The summed E-state index contributed by atoms with van der Waals surface area (Å²) in [6, 6.07) is 5.21. The maximum Gasteiger partial charge on any atom is 0.427 e. The molecule has 104 valence electrons. The second kappa shape index (κ2) is 5.31. The first-order valence-electron chi connectivity index (χ1n) is 4.65. The molecular weight excluding hydrogens is 287 g/mol. The molecule has 19 heavy (non-hydrogen) atoms. The summed E-state index contributed by atoms with van der Waals surface area (Å²) < 4.78 is 63.9. The van der Waals surface area contributed by atoms with Gasteiger partial charge in [0.1, 0.15) is 5.75 Å². The molecule has 0 N–H and O–H groups in total. The van der Waals surface area contributed by atoms with Crippen LogP contribution in [0.3, 0.4) is 0 Å². The van der Waals surface area contributed by atoms with Gasteiger partial charge in [0.05, 0.1) is 5.90 Å². The molecule has 1 aromatic carbocycles. The van der Waals surface area contributed by atoms with Gasteiger partial charge in [0, 0.05) is 0 Å². The van der Waals surface area contributed by atoms with Crippen molar-refractivity contribution in [3.8, 4) is 5.75 Å². The molecule has 0 unspecified atom stereocenters. The van der Waals surface area contributed by atoms with Crippen LogP contribution < -0.4 is 9.29 Å². The maximum absolute atomic E-state index is 11.8. The largest absolute Gasteiger partial charge is 0.855 e. The first kappa shape index (κ1) is 15.0. The molecule has 0 saturated heterocycles. The summed E-state index contributed by atoms with van der Waals surface area (Å²) in [7, 11) is -5.01. The highest BCUT2D eigenvalue weighted by atomic mass is 32.2. The number of hydrogen-bond acceptors (Lipinski definition) is 4. The van der Waals surface area contributed by atoms with E-state index < -0.39 is 22.4 Å². The Balaban J connectivity index is 2.94. The Hall–Kier alpha value is -2.03. The second-order valence-electron chi connectivity index (χ2n) is 3.18. The zero-order chi connectivity index (χ0) is 14.7. The van der Waals surface area contributed by atoms with Gasteiger partial charge in [-0.05, 0) is 17.7 Å². The van der Waals surface area contributed by atoms with E-state index >= 15 is 0 Å². The fourth-order valence-electron chi connectivity index (χ4n) is 0.953. The van der Waals surface area contributed by atoms with Crippen molar-refractivity contribution in [1.29, 1.82) is 0 Å². The van der Waals surface area contributed by atoms with Gasteiger partial charge in [0.15, 0.2) is 0 Å². The summed E-state index contributed by atoms with van der Waals surface area (Å²) in [6.07, 6.45) is -3.90. The lowest BCUT2D eigenvalue weighted by Gasteiger charge is -2.13. The van der Waals surface area contributed by atoms with Crippen LogP contribution in [-0.2, 0) is 10.3 Å². The summed E-state index contributed by atoms with van der Waals surface area (Å²) >= 11 is 0. The van der Waals surface area contributed by atoms with Crippen LogP contribution in [0.1, 0.15) is 5.56 Å². The number of hydrogen-bond donors (Lipinski definition) is 0. The van der Waals surface area contributed by atoms with Crippen molar-refractivity contribution in [2.24, 2.45) is 4.40 Å². The van der Waals surface area contributed by atoms with E-state index in [0.717, 1.165) is 0 Å². The monoisotopic (exact) mass is 294 g/mol. The van der Waals surface area contributed by atoms with Gasteiger partial charge in [-0.25, -0.2) is 0 Å². The van der Waals surface area contributed by atoms with Gasteiger partial charge >= 0.3 is 16.5 Å². The minimum atomic E-state index is -5.37. The molecule has 9 heteroatoms. The van der Waals surface area contributed by atoms with Crippen molar-refractivity contribution in [1.82, 2.24) is 0 Å². The highest BCUT2D eigenvalue weighted by molar-refractivity contribution is 7.85. The number of rotatable bonds is 4. The molecular formula is C10H7F3NO4S-. The van der Waals surface area contributed by atoms with E-state index in [2.05, 4.69) is 10.8 Å². The zero-order valence-corrected chi connectivity index (χ0v) is 10.0. The van der Waals surface area contributed by atoms with Gasteiger partial charge in [-0.1, -0.05) is 24.8 Å². The lowest BCUT2D eigenvalue weighted by molar-refractivity contribution is -0.262. The van der Waals surface area contributed by atoms with E-state index in [0.29, 0.717) is 5.56 Å². The lowest BCUT2D eigenvalue weighted by atomic mass is 10.2. The highest BCUT2D eigenvalue weighted by Gasteiger charge is 2.30. The van der Waals surface area contributed by atoms with Crippen LogP contribution in [0.5, 0.6) is 5.75 Å². The summed E-state index contributed by atoms with van der Waals surface area (Å²) in [5, 5.41) is 10.4. The molecule has 0 saturated carbocycles. The Morgan fingerprint density at radius 1 is 1.32 bits per heavy atom. The van der Waals surface area contributed by atoms with Crippen LogP contribution in [-0.4, -0.2) is 20.5 Å². The molecule has 0 spiro atoms. The SMILES string of the molecule is C=Cc1ccc(OS(=O)(=O)N=C([O-])C(F)(F)F)cc1. The van der Waals surface area contributed by atoms with E-state index in [-0.39, 0.29) is 5.75 Å². The first-order chi connectivity index (χ1) is 8.64. The van der Waals surface area contributed by atoms with Crippen molar-refractivity contribution in [3.63, 3.8) is 0 Å². The Morgan fingerprint density at radius 3 is 2.26 bits per heavy atom. The molecule has 0 radical (unpaired) electrons. The van der Waals surface area contributed by atoms with Crippen LogP contribution in [0.25, 0.3) is 6.08 Å². The lowest BCUT2D eigenvalue weighted by Crippen LogP contribution is -2.36. The average molecular weight is 294 g/mol. The number of benzene rings is 1. The van der Waals surface area contributed by atoms with Gasteiger partial charge < -0.3 is 9.29 Å². The van der Waals surface area contributed by atoms with Gasteiger partial charge in [-0.15, -0.1) is 4.40 Å². The smallest absolute Gasteiger partial charge is 0.427 e. The van der Waals surface area contributed by atoms with Crippen molar-refractivity contribution in [2.75, 3.05) is 0 Å². The summed E-state index contributed by atoms with van der Waals surface area (Å²) in [6.45, 7) is 3.45. The molecule has 1 rings (SSSR count). The first-order valence-corrected chi connectivity index (χ1v) is 6.01. The molecule has 0 aliphatic carbocycles. The third kappa shape index (κ3) is 4.62. The minimum absolute atomic E-state index is 0.274. The minimum Gasteiger partial charge on any atom is -0.855 e. The number of nitrogens with zero attached hydrogens (tertiary/aromatic N) is 1. The van der Waals surface area contributed by atoms with E-state index in [1.54, 1.807) is 0 Å². The zero-order valence-electron chi connectivity index (χ0n) is 9.22. The van der Waals surface area contributed by atoms with Gasteiger partial charge in [-0.2, -0.15) is 21.6 Å². The fraction of sp³-hybridized carbons (Fsp3) is 0.100. The third-order valence-electron chi connectivity index (χ3n) is 1.75. The predicted molar refractivity (Wildman–Crippen MR) is 59.6 cm³/mol. The standard InChI is InChI=1S/C10H8F3NO4S/c1-2-7-3-5-8(6-4-7)18-19(16,17)14-9(15)10(11,12)13/h2-6H,1H2,(H,14,15)/p-1. The maximum atomic E-state index is 11.8.